The Morgan fingerprint density at radius 1 is 1.29 bits per heavy atom. The van der Waals surface area contributed by atoms with E-state index in [9.17, 15) is 4.53 Å². The van der Waals surface area contributed by atoms with Gasteiger partial charge in [-0.05, 0) is 31.0 Å². The number of halogens is 1. The van der Waals surface area contributed by atoms with Gasteiger partial charge in [0, 0.05) is 22.8 Å². The molecule has 1 aromatic carbocycles. The molecule has 24 heavy (non-hydrogen) atoms. The van der Waals surface area contributed by atoms with Crippen LogP contribution in [0.25, 0.3) is 16.9 Å². The van der Waals surface area contributed by atoms with Gasteiger partial charge in [0.05, 0.1) is 18.0 Å². The molecule has 3 aromatic rings. The van der Waals surface area contributed by atoms with E-state index in [0.29, 0.717) is 18.1 Å². The highest BCUT2D eigenvalue weighted by molar-refractivity contribution is 5.64. The van der Waals surface area contributed by atoms with Crippen LogP contribution in [0.1, 0.15) is 12.8 Å². The van der Waals surface area contributed by atoms with Crippen LogP contribution in [-0.4, -0.2) is 33.9 Å². The van der Waals surface area contributed by atoms with Gasteiger partial charge in [0.1, 0.15) is 6.61 Å². The highest BCUT2D eigenvalue weighted by Gasteiger charge is 2.17. The van der Waals surface area contributed by atoms with Crippen molar-refractivity contribution in [1.82, 2.24) is 14.6 Å². The number of aromatic nitrogens is 3. The van der Waals surface area contributed by atoms with E-state index in [2.05, 4.69) is 15.0 Å². The van der Waals surface area contributed by atoms with Gasteiger partial charge >= 0.3 is 0 Å². The van der Waals surface area contributed by atoms with Crippen LogP contribution in [0.4, 0.5) is 4.53 Å². The highest BCUT2D eigenvalue weighted by atomic mass is 19.3. The topological polar surface area (TPSA) is 57.9 Å². The van der Waals surface area contributed by atoms with Crippen LogP contribution in [0.5, 0.6) is 11.6 Å². The molecule has 0 amide bonds. The first-order chi connectivity index (χ1) is 11.8. The average molecular weight is 329 g/mol. The van der Waals surface area contributed by atoms with Crippen LogP contribution in [-0.2, 0) is 4.74 Å². The normalized spacial score (nSPS) is 17.3. The summed E-state index contributed by atoms with van der Waals surface area (Å²) in [4.78, 5) is 8.11. The first-order valence-corrected chi connectivity index (χ1v) is 7.82. The van der Waals surface area contributed by atoms with Gasteiger partial charge < -0.3 is 9.47 Å². The van der Waals surface area contributed by atoms with Gasteiger partial charge in [-0.3, -0.25) is 4.94 Å². The van der Waals surface area contributed by atoms with Crippen LogP contribution >= 0.6 is 0 Å². The van der Waals surface area contributed by atoms with E-state index in [4.69, 9.17) is 9.47 Å². The van der Waals surface area contributed by atoms with Gasteiger partial charge in [0.25, 0.3) is 0 Å². The molecule has 4 rings (SSSR count). The first kappa shape index (κ1) is 14.9. The van der Waals surface area contributed by atoms with E-state index < -0.39 is 0 Å². The van der Waals surface area contributed by atoms with Gasteiger partial charge in [0.2, 0.25) is 5.88 Å². The van der Waals surface area contributed by atoms with Crippen molar-refractivity contribution >= 4 is 5.65 Å². The van der Waals surface area contributed by atoms with Crippen molar-refractivity contribution < 1.29 is 18.9 Å². The molecule has 1 aliphatic heterocycles. The predicted molar refractivity (Wildman–Crippen MR) is 84.6 cm³/mol. The Morgan fingerprint density at radius 3 is 3.08 bits per heavy atom. The molecule has 0 saturated carbocycles. The van der Waals surface area contributed by atoms with Crippen molar-refractivity contribution in [2.75, 3.05) is 13.2 Å². The van der Waals surface area contributed by atoms with E-state index in [1.165, 1.54) is 6.07 Å². The zero-order valence-corrected chi connectivity index (χ0v) is 12.9. The summed E-state index contributed by atoms with van der Waals surface area (Å²) in [6, 6.07) is 10.3. The van der Waals surface area contributed by atoms with Gasteiger partial charge in [-0.1, -0.05) is 12.1 Å². The molecule has 2 aromatic heterocycles. The Bertz CT molecular complexity index is 846. The summed E-state index contributed by atoms with van der Waals surface area (Å²) in [6.07, 6.45) is 3.89. The molecule has 1 saturated heterocycles. The molecule has 0 N–H and O–H groups in total. The van der Waals surface area contributed by atoms with Crippen molar-refractivity contribution in [2.24, 2.45) is 0 Å². The Balaban J connectivity index is 1.62. The quantitative estimate of drug-likeness (QED) is 0.719. The van der Waals surface area contributed by atoms with Crippen molar-refractivity contribution in [1.29, 1.82) is 0 Å². The predicted octanol–water partition coefficient (Wildman–Crippen LogP) is 3.22. The Kier molecular flexibility index (Phi) is 4.00. The van der Waals surface area contributed by atoms with Gasteiger partial charge in [-0.25, -0.2) is 9.50 Å². The van der Waals surface area contributed by atoms with E-state index in [0.717, 1.165) is 30.7 Å². The van der Waals surface area contributed by atoms with Gasteiger partial charge in [0.15, 0.2) is 11.4 Å². The first-order valence-electron chi connectivity index (χ1n) is 7.82. The summed E-state index contributed by atoms with van der Waals surface area (Å²) < 4.78 is 25.4. The fourth-order valence-electron chi connectivity index (χ4n) is 2.79. The van der Waals surface area contributed by atoms with Crippen molar-refractivity contribution in [3.05, 3.63) is 42.6 Å². The zero-order valence-electron chi connectivity index (χ0n) is 12.9. The SMILES string of the molecule is FOc1cccc(-c2cnc3ccc(OCC4CCCO4)nn23)c1. The summed E-state index contributed by atoms with van der Waals surface area (Å²) in [7, 11) is 0. The standard InChI is InChI=1S/C17H16FN3O3/c18-24-13-4-1-3-12(9-13)15-10-19-16-6-7-17(20-21(15)16)23-11-14-5-2-8-22-14/h1,3-4,6-7,9-10,14H,2,5,8,11H2. The third kappa shape index (κ3) is 2.90. The number of imidazole rings is 1. The lowest BCUT2D eigenvalue weighted by molar-refractivity contribution is -0.00614. The van der Waals surface area contributed by atoms with Crippen molar-refractivity contribution in [3.63, 3.8) is 0 Å². The Morgan fingerprint density at radius 2 is 2.25 bits per heavy atom. The third-order valence-corrected chi connectivity index (χ3v) is 4.00. The molecule has 124 valence electrons. The molecule has 1 aliphatic rings. The second kappa shape index (κ2) is 6.45. The lowest BCUT2D eigenvalue weighted by Gasteiger charge is -2.11. The second-order valence-electron chi connectivity index (χ2n) is 5.64. The monoisotopic (exact) mass is 329 g/mol. The van der Waals surface area contributed by atoms with Crippen LogP contribution in [0, 0.1) is 0 Å². The number of fused-ring (bicyclic) bond motifs is 1. The van der Waals surface area contributed by atoms with Gasteiger partial charge in [-0.2, -0.15) is 0 Å². The molecule has 6 nitrogen and oxygen atoms in total. The lowest BCUT2D eigenvalue weighted by Crippen LogP contribution is -2.17. The molecule has 1 atom stereocenters. The summed E-state index contributed by atoms with van der Waals surface area (Å²) in [6.45, 7) is 1.27. The molecule has 0 bridgehead atoms. The minimum absolute atomic E-state index is 0.128. The third-order valence-electron chi connectivity index (χ3n) is 4.00. The van der Waals surface area contributed by atoms with Crippen LogP contribution in [0.3, 0.4) is 0 Å². The molecule has 1 unspecified atom stereocenters. The molecule has 1 fully saturated rings. The maximum absolute atomic E-state index is 12.4. The molecule has 0 radical (unpaired) electrons. The summed E-state index contributed by atoms with van der Waals surface area (Å²) >= 11 is 0. The lowest BCUT2D eigenvalue weighted by atomic mass is 10.1. The molecule has 7 heteroatoms. The fourth-order valence-corrected chi connectivity index (χ4v) is 2.79. The number of benzene rings is 1. The van der Waals surface area contributed by atoms with Crippen molar-refractivity contribution in [3.8, 4) is 22.9 Å². The molecule has 0 aliphatic carbocycles. The second-order valence-corrected chi connectivity index (χ2v) is 5.64. The number of hydrogen-bond acceptors (Lipinski definition) is 5. The summed E-state index contributed by atoms with van der Waals surface area (Å²) in [5.41, 5.74) is 2.16. The van der Waals surface area contributed by atoms with E-state index in [1.54, 1.807) is 28.9 Å². The number of nitrogens with zero attached hydrogens (tertiary/aromatic N) is 3. The number of hydrogen-bond donors (Lipinski definition) is 0. The number of ether oxygens (including phenoxy) is 2. The summed E-state index contributed by atoms with van der Waals surface area (Å²) in [5.74, 6) is 0.628. The number of rotatable bonds is 5. The van der Waals surface area contributed by atoms with Crippen molar-refractivity contribution in [2.45, 2.75) is 18.9 Å². The average Bonchev–Trinajstić information content (AvgIpc) is 3.29. The minimum atomic E-state index is 0.128. The van der Waals surface area contributed by atoms with Crippen LogP contribution in [0.2, 0.25) is 0 Å². The Labute approximate surface area is 137 Å². The highest BCUT2D eigenvalue weighted by Crippen LogP contribution is 2.25. The van der Waals surface area contributed by atoms with Crippen LogP contribution in [0.15, 0.2) is 42.6 Å². The Hall–Kier alpha value is -2.67. The molecule has 3 heterocycles. The molecule has 0 spiro atoms. The molecular formula is C17H16FN3O3. The molecular weight excluding hydrogens is 313 g/mol. The van der Waals surface area contributed by atoms with Gasteiger partial charge in [-0.15, -0.1) is 5.10 Å². The maximum Gasteiger partial charge on any atom is 0.231 e. The maximum atomic E-state index is 12.4. The zero-order chi connectivity index (χ0) is 16.4. The summed E-state index contributed by atoms with van der Waals surface area (Å²) in [5, 5.41) is 4.47. The largest absolute Gasteiger partial charge is 0.474 e. The van der Waals surface area contributed by atoms with E-state index in [1.807, 2.05) is 12.1 Å². The van der Waals surface area contributed by atoms with Crippen LogP contribution < -0.4 is 9.68 Å². The fraction of sp³-hybridized carbons (Fsp3) is 0.294. The minimum Gasteiger partial charge on any atom is -0.474 e. The van der Waals surface area contributed by atoms with E-state index >= 15 is 0 Å². The smallest absolute Gasteiger partial charge is 0.231 e. The van der Waals surface area contributed by atoms with E-state index in [-0.39, 0.29) is 11.9 Å².